The molecule has 0 amide bonds. The number of aliphatic hydroxyl groups excluding tert-OH is 1. The van der Waals surface area contributed by atoms with E-state index in [1.807, 2.05) is 48.5 Å². The molecule has 0 bridgehead atoms. The number of β-amino-alcohol motifs (C(OH)–C–C–N with tert-alkyl or cyclic N) is 1. The van der Waals surface area contributed by atoms with Gasteiger partial charge in [0.1, 0.15) is 11.6 Å². The summed E-state index contributed by atoms with van der Waals surface area (Å²) in [5.74, 6) is 1.34. The smallest absolute Gasteiger partial charge is 0.266 e. The van der Waals surface area contributed by atoms with Gasteiger partial charge in [0.2, 0.25) is 0 Å². The Morgan fingerprint density at radius 1 is 1.07 bits per heavy atom. The highest BCUT2D eigenvalue weighted by Gasteiger charge is 2.27. The highest BCUT2D eigenvalue weighted by molar-refractivity contribution is 5.78. The molecule has 7 nitrogen and oxygen atoms in total. The number of nitrogens with zero attached hydrogens (tertiary/aromatic N) is 4. The van der Waals surface area contributed by atoms with E-state index in [0.29, 0.717) is 34.7 Å². The van der Waals surface area contributed by atoms with Crippen LogP contribution in [-0.2, 0) is 0 Å². The van der Waals surface area contributed by atoms with Gasteiger partial charge < -0.3 is 9.84 Å². The Morgan fingerprint density at radius 2 is 1.77 bits per heavy atom. The molecular weight excluding hydrogens is 380 g/mol. The summed E-state index contributed by atoms with van der Waals surface area (Å²) in [5.41, 5.74) is 1.31. The summed E-state index contributed by atoms with van der Waals surface area (Å²) >= 11 is 0. The lowest BCUT2D eigenvalue weighted by Crippen LogP contribution is -2.48. The van der Waals surface area contributed by atoms with Gasteiger partial charge in [-0.1, -0.05) is 24.3 Å². The minimum absolute atomic E-state index is 0.0523. The van der Waals surface area contributed by atoms with Gasteiger partial charge in [0.25, 0.3) is 5.56 Å². The molecule has 158 valence electrons. The van der Waals surface area contributed by atoms with Gasteiger partial charge in [-0.05, 0) is 31.2 Å². The van der Waals surface area contributed by atoms with E-state index in [-0.39, 0.29) is 18.2 Å². The minimum atomic E-state index is -0.0918. The number of benzene rings is 2. The van der Waals surface area contributed by atoms with Gasteiger partial charge in [0.05, 0.1) is 36.3 Å². The Bertz CT molecular complexity index is 1070. The molecule has 0 saturated carbocycles. The van der Waals surface area contributed by atoms with E-state index < -0.39 is 0 Å². The molecular formula is C23H28N4O3. The van der Waals surface area contributed by atoms with Crippen molar-refractivity contribution in [1.29, 1.82) is 0 Å². The second kappa shape index (κ2) is 8.95. The van der Waals surface area contributed by atoms with Gasteiger partial charge >= 0.3 is 0 Å². The summed E-state index contributed by atoms with van der Waals surface area (Å²) in [7, 11) is 1.61. The number of para-hydroxylation sites is 3. The molecule has 0 aliphatic carbocycles. The van der Waals surface area contributed by atoms with Crippen molar-refractivity contribution in [2.75, 3.05) is 46.4 Å². The molecule has 1 aromatic heterocycles. The van der Waals surface area contributed by atoms with E-state index in [2.05, 4.69) is 16.7 Å². The molecule has 1 saturated heterocycles. The maximum atomic E-state index is 13.6. The van der Waals surface area contributed by atoms with Gasteiger partial charge in [-0.2, -0.15) is 0 Å². The molecule has 1 aliphatic rings. The summed E-state index contributed by atoms with van der Waals surface area (Å²) < 4.78 is 7.26. The maximum absolute atomic E-state index is 13.6. The van der Waals surface area contributed by atoms with Gasteiger partial charge in [0.15, 0.2) is 0 Å². The largest absolute Gasteiger partial charge is 0.495 e. The van der Waals surface area contributed by atoms with E-state index in [0.717, 1.165) is 26.2 Å². The zero-order valence-corrected chi connectivity index (χ0v) is 17.5. The first-order valence-corrected chi connectivity index (χ1v) is 10.4. The van der Waals surface area contributed by atoms with Crippen molar-refractivity contribution in [2.45, 2.75) is 13.0 Å². The summed E-state index contributed by atoms with van der Waals surface area (Å²) in [6.45, 7) is 6.46. The maximum Gasteiger partial charge on any atom is 0.266 e. The SMILES string of the molecule is COc1ccccc1-n1c(C(C)N2CCN(CCO)CC2)nc2ccccc2c1=O. The fraction of sp³-hybridized carbons (Fsp3) is 0.391. The van der Waals surface area contributed by atoms with Crippen molar-refractivity contribution in [2.24, 2.45) is 0 Å². The predicted molar refractivity (Wildman–Crippen MR) is 117 cm³/mol. The first kappa shape index (κ1) is 20.5. The van der Waals surface area contributed by atoms with E-state index in [4.69, 9.17) is 9.72 Å². The molecule has 2 heterocycles. The molecule has 3 aromatic rings. The number of aromatic nitrogens is 2. The standard InChI is InChI=1S/C23H28N4O3/c1-17(26-13-11-25(12-14-26)15-16-28)22-24-19-8-4-3-7-18(19)23(29)27(22)20-9-5-6-10-21(20)30-2/h3-10,17,28H,11-16H2,1-2H3. The lowest BCUT2D eigenvalue weighted by atomic mass is 10.1. The first-order valence-electron chi connectivity index (χ1n) is 10.4. The van der Waals surface area contributed by atoms with Crippen LogP contribution in [0.2, 0.25) is 0 Å². The monoisotopic (exact) mass is 408 g/mol. The summed E-state index contributed by atoms with van der Waals surface area (Å²) in [5, 5.41) is 9.79. The van der Waals surface area contributed by atoms with Crippen LogP contribution in [0, 0.1) is 0 Å². The lowest BCUT2D eigenvalue weighted by Gasteiger charge is -2.38. The quantitative estimate of drug-likeness (QED) is 0.673. The van der Waals surface area contributed by atoms with Gasteiger partial charge in [-0.25, -0.2) is 4.98 Å². The van der Waals surface area contributed by atoms with Crippen molar-refractivity contribution >= 4 is 10.9 Å². The lowest BCUT2D eigenvalue weighted by molar-refractivity contribution is 0.0855. The number of methoxy groups -OCH3 is 1. The number of fused-ring (bicyclic) bond motifs is 1. The van der Waals surface area contributed by atoms with E-state index in [1.54, 1.807) is 11.7 Å². The van der Waals surface area contributed by atoms with Crippen molar-refractivity contribution in [3.63, 3.8) is 0 Å². The second-order valence-electron chi connectivity index (χ2n) is 7.58. The number of ether oxygens (including phenoxy) is 1. The van der Waals surface area contributed by atoms with Crippen LogP contribution < -0.4 is 10.3 Å². The number of hydrogen-bond acceptors (Lipinski definition) is 6. The third-order valence-electron chi connectivity index (χ3n) is 5.87. The molecule has 1 fully saturated rings. The zero-order chi connectivity index (χ0) is 21.1. The average molecular weight is 409 g/mol. The number of piperazine rings is 1. The number of rotatable bonds is 6. The summed E-state index contributed by atoms with van der Waals surface area (Å²) in [6, 6.07) is 15.0. The fourth-order valence-corrected chi connectivity index (χ4v) is 4.16. The van der Waals surface area contributed by atoms with Crippen LogP contribution >= 0.6 is 0 Å². The van der Waals surface area contributed by atoms with Crippen LogP contribution in [0.5, 0.6) is 5.75 Å². The van der Waals surface area contributed by atoms with Crippen LogP contribution in [0.4, 0.5) is 0 Å². The van der Waals surface area contributed by atoms with Crippen LogP contribution in [0.3, 0.4) is 0 Å². The normalized spacial score (nSPS) is 16.6. The van der Waals surface area contributed by atoms with Crippen LogP contribution in [0.1, 0.15) is 18.8 Å². The predicted octanol–water partition coefficient (Wildman–Crippen LogP) is 2.07. The molecule has 0 spiro atoms. The molecule has 2 aromatic carbocycles. The Hall–Kier alpha value is -2.74. The molecule has 1 N–H and O–H groups in total. The third kappa shape index (κ3) is 3.84. The first-order chi connectivity index (χ1) is 14.6. The highest BCUT2D eigenvalue weighted by atomic mass is 16.5. The molecule has 1 atom stereocenters. The molecule has 4 rings (SSSR count). The van der Waals surface area contributed by atoms with Crippen molar-refractivity contribution in [3.8, 4) is 11.4 Å². The Morgan fingerprint density at radius 3 is 2.50 bits per heavy atom. The van der Waals surface area contributed by atoms with Crippen LogP contribution in [0.15, 0.2) is 53.3 Å². The Labute approximate surface area is 176 Å². The van der Waals surface area contributed by atoms with Crippen molar-refractivity contribution in [3.05, 3.63) is 64.7 Å². The topological polar surface area (TPSA) is 70.8 Å². The fourth-order valence-electron chi connectivity index (χ4n) is 4.16. The summed E-state index contributed by atoms with van der Waals surface area (Å²) in [4.78, 5) is 23.1. The molecule has 0 radical (unpaired) electrons. The van der Waals surface area contributed by atoms with Crippen molar-refractivity contribution < 1.29 is 9.84 Å². The van der Waals surface area contributed by atoms with E-state index in [1.165, 1.54) is 0 Å². The van der Waals surface area contributed by atoms with Gasteiger partial charge in [-0.15, -0.1) is 0 Å². The number of hydrogen-bond donors (Lipinski definition) is 1. The van der Waals surface area contributed by atoms with E-state index >= 15 is 0 Å². The van der Waals surface area contributed by atoms with Crippen LogP contribution in [-0.4, -0.2) is 70.9 Å². The Balaban J connectivity index is 1.81. The van der Waals surface area contributed by atoms with Gasteiger partial charge in [0, 0.05) is 32.7 Å². The molecule has 1 unspecified atom stereocenters. The second-order valence-corrected chi connectivity index (χ2v) is 7.58. The van der Waals surface area contributed by atoms with Crippen LogP contribution in [0.25, 0.3) is 16.6 Å². The van der Waals surface area contributed by atoms with Crippen molar-refractivity contribution in [1.82, 2.24) is 19.4 Å². The third-order valence-corrected chi connectivity index (χ3v) is 5.87. The minimum Gasteiger partial charge on any atom is -0.495 e. The van der Waals surface area contributed by atoms with E-state index in [9.17, 15) is 9.90 Å². The molecule has 7 heteroatoms. The molecule has 30 heavy (non-hydrogen) atoms. The highest BCUT2D eigenvalue weighted by Crippen LogP contribution is 2.27. The number of aliphatic hydroxyl groups is 1. The summed E-state index contributed by atoms with van der Waals surface area (Å²) in [6.07, 6.45) is 0. The Kier molecular flexibility index (Phi) is 6.13. The molecule has 1 aliphatic heterocycles. The zero-order valence-electron chi connectivity index (χ0n) is 17.5. The average Bonchev–Trinajstić information content (AvgIpc) is 2.79. The van der Waals surface area contributed by atoms with Gasteiger partial charge in [-0.3, -0.25) is 19.2 Å².